The molecule has 41 heavy (non-hydrogen) atoms. The molecule has 4 aromatic heterocycles. The van der Waals surface area contributed by atoms with Crippen LogP contribution in [0.1, 0.15) is 11.1 Å². The van der Waals surface area contributed by atoms with Crippen LogP contribution in [0, 0.1) is 0 Å². The van der Waals surface area contributed by atoms with Crippen LogP contribution in [0.5, 0.6) is 0 Å². The number of benzene rings is 1. The Morgan fingerprint density at radius 1 is 0.976 bits per heavy atom. The van der Waals surface area contributed by atoms with Gasteiger partial charge in [-0.15, -0.1) is 0 Å². The van der Waals surface area contributed by atoms with Crippen LogP contribution in [0.25, 0.3) is 33.3 Å². The lowest BCUT2D eigenvalue weighted by atomic mass is 10.0. The third-order valence-corrected chi connectivity index (χ3v) is 7.61. The number of carbonyl (C=O) groups is 1. The minimum atomic E-state index is -4.61. The van der Waals surface area contributed by atoms with Crippen LogP contribution in [-0.4, -0.2) is 64.1 Å². The maximum absolute atomic E-state index is 14.4. The summed E-state index contributed by atoms with van der Waals surface area (Å²) in [5.41, 5.74) is 3.63. The van der Waals surface area contributed by atoms with Gasteiger partial charge in [0.1, 0.15) is 11.2 Å². The Morgan fingerprint density at radius 3 is 2.61 bits per heavy atom. The van der Waals surface area contributed by atoms with Crippen LogP contribution in [0.3, 0.4) is 0 Å². The lowest BCUT2D eigenvalue weighted by Gasteiger charge is -2.36. The summed E-state index contributed by atoms with van der Waals surface area (Å²) in [6.45, 7) is 2.37. The summed E-state index contributed by atoms with van der Waals surface area (Å²) < 4.78 is 43.2. The van der Waals surface area contributed by atoms with E-state index in [9.17, 15) is 18.0 Å². The molecule has 0 radical (unpaired) electrons. The Labute approximate surface area is 232 Å². The number of aromatic amines is 1. The Hall–Kier alpha value is -4.71. The molecule has 2 N–H and O–H groups in total. The van der Waals surface area contributed by atoms with Gasteiger partial charge in [-0.25, -0.2) is 14.8 Å². The zero-order valence-electron chi connectivity index (χ0n) is 22.0. The summed E-state index contributed by atoms with van der Waals surface area (Å²) in [6, 6.07) is 11.1. The van der Waals surface area contributed by atoms with Crippen LogP contribution >= 0.6 is 0 Å². The maximum atomic E-state index is 14.4. The van der Waals surface area contributed by atoms with Gasteiger partial charge in [-0.1, -0.05) is 0 Å². The number of anilines is 3. The number of aromatic nitrogens is 4. The minimum absolute atomic E-state index is 0.105. The Morgan fingerprint density at radius 2 is 1.80 bits per heavy atom. The van der Waals surface area contributed by atoms with E-state index in [1.54, 1.807) is 42.7 Å². The summed E-state index contributed by atoms with van der Waals surface area (Å²) >= 11 is 0. The summed E-state index contributed by atoms with van der Waals surface area (Å²) in [5, 5.41) is 4.09. The number of alkyl halides is 3. The zero-order chi connectivity index (χ0) is 28.3. The number of piperazine rings is 1. The highest BCUT2D eigenvalue weighted by Gasteiger charge is 2.38. The van der Waals surface area contributed by atoms with E-state index < -0.39 is 17.8 Å². The molecular weight excluding hydrogens is 533 g/mol. The number of nitrogens with one attached hydrogen (secondary N) is 2. The van der Waals surface area contributed by atoms with Gasteiger partial charge in [0.15, 0.2) is 0 Å². The Kier molecular flexibility index (Phi) is 5.82. The number of carbonyl (C=O) groups excluding carboxylic acids is 1. The van der Waals surface area contributed by atoms with Crippen LogP contribution in [0.15, 0.2) is 61.1 Å². The lowest BCUT2D eigenvalue weighted by Crippen LogP contribution is -2.44. The van der Waals surface area contributed by atoms with Crippen molar-refractivity contribution < 1.29 is 18.0 Å². The largest absolute Gasteiger partial charge is 0.418 e. The number of nitrogens with zero attached hydrogens (tertiary/aromatic N) is 6. The number of fused-ring (bicyclic) bond motifs is 4. The molecule has 2 aliphatic heterocycles. The number of rotatable bonds is 3. The molecule has 5 aromatic rings. The summed E-state index contributed by atoms with van der Waals surface area (Å²) in [6.07, 6.45) is 0.552. The normalized spacial score (nSPS) is 16.1. The summed E-state index contributed by atoms with van der Waals surface area (Å²) in [5.74, 6) is 0. The van der Waals surface area contributed by atoms with Crippen LogP contribution in [0.2, 0.25) is 0 Å². The van der Waals surface area contributed by atoms with E-state index in [-0.39, 0.29) is 17.9 Å². The molecule has 0 unspecified atom stereocenters. The molecule has 0 spiro atoms. The highest BCUT2D eigenvalue weighted by molar-refractivity contribution is 6.08. The molecular formula is C29H25F3N8O. The van der Waals surface area contributed by atoms with Gasteiger partial charge in [0.05, 0.1) is 34.7 Å². The number of amides is 2. The Bertz CT molecular complexity index is 1810. The smallest absolute Gasteiger partial charge is 0.368 e. The fourth-order valence-corrected chi connectivity index (χ4v) is 5.60. The van der Waals surface area contributed by atoms with Crippen molar-refractivity contribution in [2.45, 2.75) is 12.7 Å². The van der Waals surface area contributed by atoms with Crippen molar-refractivity contribution in [3.63, 3.8) is 0 Å². The summed E-state index contributed by atoms with van der Waals surface area (Å²) in [7, 11) is 1.61. The topological polar surface area (TPSA) is 93.3 Å². The average molecular weight is 559 g/mol. The van der Waals surface area contributed by atoms with E-state index in [0.29, 0.717) is 54.2 Å². The fraction of sp³-hybridized carbons (Fsp3) is 0.241. The molecule has 1 saturated heterocycles. The fourth-order valence-electron chi connectivity index (χ4n) is 5.60. The second kappa shape index (κ2) is 9.44. The molecule has 2 aliphatic rings. The molecule has 7 rings (SSSR count). The molecule has 9 nitrogen and oxygen atoms in total. The average Bonchev–Trinajstić information content (AvgIpc) is 3.45. The van der Waals surface area contributed by atoms with Crippen LogP contribution in [-0.2, 0) is 12.7 Å². The van der Waals surface area contributed by atoms with Crippen LogP contribution in [0.4, 0.5) is 35.0 Å². The number of H-pyrrole nitrogens is 1. The van der Waals surface area contributed by atoms with E-state index >= 15 is 0 Å². The zero-order valence-corrected chi connectivity index (χ0v) is 22.0. The number of hydrogen-bond acceptors (Lipinski definition) is 6. The van der Waals surface area contributed by atoms with E-state index in [1.165, 1.54) is 15.9 Å². The molecule has 1 fully saturated rings. The van der Waals surface area contributed by atoms with Gasteiger partial charge in [-0.05, 0) is 42.5 Å². The van der Waals surface area contributed by atoms with Crippen molar-refractivity contribution >= 4 is 45.2 Å². The Balaban J connectivity index is 1.40. The van der Waals surface area contributed by atoms with E-state index in [0.717, 1.165) is 22.7 Å². The van der Waals surface area contributed by atoms with Gasteiger partial charge < -0.3 is 20.1 Å². The van der Waals surface area contributed by atoms with Gasteiger partial charge in [0.25, 0.3) is 0 Å². The molecule has 2 amide bonds. The first-order valence-electron chi connectivity index (χ1n) is 13.2. The lowest BCUT2D eigenvalue weighted by molar-refractivity contribution is -0.137. The number of hydrogen-bond donors (Lipinski definition) is 2. The minimum Gasteiger partial charge on any atom is -0.368 e. The molecule has 6 heterocycles. The van der Waals surface area contributed by atoms with Crippen molar-refractivity contribution in [3.05, 3.63) is 72.2 Å². The predicted octanol–water partition coefficient (Wildman–Crippen LogP) is 5.31. The SMILES string of the molecule is CN1Cc2cnc3ccc(-c4cnc5[nH]ccc5c4)nc3c2N(c2ccc(N3CCNCC3)c(C(F)(F)F)c2)C1=O. The van der Waals surface area contributed by atoms with Crippen molar-refractivity contribution in [2.75, 3.05) is 43.0 Å². The maximum Gasteiger partial charge on any atom is 0.418 e. The molecule has 0 saturated carbocycles. The second-order valence-corrected chi connectivity index (χ2v) is 10.2. The first kappa shape index (κ1) is 25.3. The highest BCUT2D eigenvalue weighted by atomic mass is 19.4. The van der Waals surface area contributed by atoms with E-state index in [2.05, 4.69) is 20.3 Å². The third kappa shape index (κ3) is 4.31. The van der Waals surface area contributed by atoms with E-state index in [1.807, 2.05) is 18.2 Å². The standard InChI is InChI=1S/C29H25F3N8O/c1-38-16-19-15-35-23-4-3-22(18-12-17-6-7-34-27(17)36-14-18)37-25(23)26(19)40(28(38)41)20-2-5-24(21(13-20)29(30,31)32)39-10-8-33-9-11-39/h2-7,12-15,33H,8-11,16H2,1H3,(H,34,36). The predicted molar refractivity (Wildman–Crippen MR) is 150 cm³/mol. The monoisotopic (exact) mass is 558 g/mol. The molecule has 0 bridgehead atoms. The highest BCUT2D eigenvalue weighted by Crippen LogP contribution is 2.44. The molecule has 0 atom stereocenters. The molecule has 0 aliphatic carbocycles. The van der Waals surface area contributed by atoms with Gasteiger partial charge in [0, 0.05) is 74.0 Å². The number of urea groups is 1. The van der Waals surface area contributed by atoms with Gasteiger partial charge in [-0.2, -0.15) is 13.2 Å². The number of pyridine rings is 3. The van der Waals surface area contributed by atoms with Crippen molar-refractivity contribution in [3.8, 4) is 11.3 Å². The first-order valence-corrected chi connectivity index (χ1v) is 13.2. The van der Waals surface area contributed by atoms with Gasteiger partial charge in [0.2, 0.25) is 0 Å². The molecule has 12 heteroatoms. The van der Waals surface area contributed by atoms with E-state index in [4.69, 9.17) is 4.98 Å². The first-order chi connectivity index (χ1) is 19.8. The van der Waals surface area contributed by atoms with Crippen LogP contribution < -0.4 is 15.1 Å². The third-order valence-electron chi connectivity index (χ3n) is 7.61. The van der Waals surface area contributed by atoms with Gasteiger partial charge >= 0.3 is 12.2 Å². The van der Waals surface area contributed by atoms with Crippen molar-refractivity contribution in [1.29, 1.82) is 0 Å². The number of halogens is 3. The molecule has 208 valence electrons. The summed E-state index contributed by atoms with van der Waals surface area (Å²) in [4.78, 5) is 35.1. The van der Waals surface area contributed by atoms with Crippen molar-refractivity contribution in [1.82, 2.24) is 30.2 Å². The van der Waals surface area contributed by atoms with Gasteiger partial charge in [-0.3, -0.25) is 9.88 Å². The van der Waals surface area contributed by atoms with Crippen molar-refractivity contribution in [2.24, 2.45) is 0 Å². The second-order valence-electron chi connectivity index (χ2n) is 10.2. The molecule has 1 aromatic carbocycles. The quantitative estimate of drug-likeness (QED) is 0.312.